The van der Waals surface area contributed by atoms with Crippen molar-refractivity contribution in [2.75, 3.05) is 29.1 Å². The Labute approximate surface area is 165 Å². The van der Waals surface area contributed by atoms with E-state index in [4.69, 9.17) is 0 Å². The monoisotopic (exact) mass is 382 g/mol. The minimum Gasteiger partial charge on any atom is -0.376 e. The summed E-state index contributed by atoms with van der Waals surface area (Å²) >= 11 is 0. The summed E-state index contributed by atoms with van der Waals surface area (Å²) in [5, 5.41) is 8.62. The van der Waals surface area contributed by atoms with E-state index in [1.807, 2.05) is 13.8 Å². The quantitative estimate of drug-likeness (QED) is 0.687. The van der Waals surface area contributed by atoms with Crippen molar-refractivity contribution in [1.82, 2.24) is 5.32 Å². The molecular formula is C21H26N4O3. The molecule has 0 aliphatic carbocycles. The third-order valence-corrected chi connectivity index (χ3v) is 4.01. The maximum absolute atomic E-state index is 12.2. The average molecular weight is 382 g/mol. The molecule has 7 heteroatoms. The smallest absolute Gasteiger partial charge is 0.251 e. The van der Waals surface area contributed by atoms with Crippen LogP contribution in [0.5, 0.6) is 0 Å². The number of benzene rings is 2. The molecule has 7 nitrogen and oxygen atoms in total. The maximum Gasteiger partial charge on any atom is 0.251 e. The highest BCUT2D eigenvalue weighted by Gasteiger charge is 2.09. The molecule has 0 aliphatic heterocycles. The molecule has 28 heavy (non-hydrogen) atoms. The lowest BCUT2D eigenvalue weighted by molar-refractivity contribution is -0.116. The highest BCUT2D eigenvalue weighted by molar-refractivity contribution is 5.98. The number of hydrogen-bond donors (Lipinski definition) is 3. The number of carbonyl (C=O) groups excluding carboxylic acids is 3. The molecule has 3 amide bonds. The molecule has 148 valence electrons. The van der Waals surface area contributed by atoms with Crippen LogP contribution < -0.4 is 20.9 Å². The lowest BCUT2D eigenvalue weighted by Gasteiger charge is -2.15. The van der Waals surface area contributed by atoms with Gasteiger partial charge in [0.15, 0.2) is 0 Å². The Bertz CT molecular complexity index is 847. The fraction of sp³-hybridized carbons (Fsp3) is 0.286. The Morgan fingerprint density at radius 1 is 1.00 bits per heavy atom. The normalized spacial score (nSPS) is 10.3. The van der Waals surface area contributed by atoms with Crippen LogP contribution >= 0.6 is 0 Å². The van der Waals surface area contributed by atoms with Gasteiger partial charge in [0.2, 0.25) is 11.8 Å². The molecule has 0 spiro atoms. The molecule has 0 aromatic heterocycles. The number of nitrogens with zero attached hydrogens (tertiary/aromatic N) is 1. The SMILES string of the molecule is CC(=O)N(C)c1ccc(NCC(=O)Nc2cccc(C(=O)NC(C)C)c2)cc1. The summed E-state index contributed by atoms with van der Waals surface area (Å²) in [6, 6.07) is 14.1. The summed E-state index contributed by atoms with van der Waals surface area (Å²) in [6.07, 6.45) is 0. The molecule has 0 saturated heterocycles. The summed E-state index contributed by atoms with van der Waals surface area (Å²) in [4.78, 5) is 37.2. The number of rotatable bonds is 7. The van der Waals surface area contributed by atoms with Crippen molar-refractivity contribution in [2.45, 2.75) is 26.8 Å². The van der Waals surface area contributed by atoms with Gasteiger partial charge in [-0.2, -0.15) is 0 Å². The molecule has 0 aliphatic rings. The van der Waals surface area contributed by atoms with E-state index in [0.29, 0.717) is 11.3 Å². The van der Waals surface area contributed by atoms with Crippen LogP contribution in [-0.4, -0.2) is 37.4 Å². The molecule has 0 fully saturated rings. The van der Waals surface area contributed by atoms with E-state index in [2.05, 4.69) is 16.0 Å². The summed E-state index contributed by atoms with van der Waals surface area (Å²) in [6.45, 7) is 5.35. The van der Waals surface area contributed by atoms with Gasteiger partial charge >= 0.3 is 0 Å². The molecule has 2 aromatic carbocycles. The molecule has 0 atom stereocenters. The summed E-state index contributed by atoms with van der Waals surface area (Å²) in [7, 11) is 1.70. The molecule has 0 saturated carbocycles. The zero-order valence-electron chi connectivity index (χ0n) is 16.6. The van der Waals surface area contributed by atoms with Crippen molar-refractivity contribution < 1.29 is 14.4 Å². The highest BCUT2D eigenvalue weighted by atomic mass is 16.2. The minimum absolute atomic E-state index is 0.0385. The van der Waals surface area contributed by atoms with Crippen molar-refractivity contribution in [3.05, 3.63) is 54.1 Å². The first kappa shape index (κ1) is 21.0. The molecule has 2 rings (SSSR count). The third kappa shape index (κ3) is 6.12. The Morgan fingerprint density at radius 3 is 2.29 bits per heavy atom. The van der Waals surface area contributed by atoms with Gasteiger partial charge in [-0.15, -0.1) is 0 Å². The topological polar surface area (TPSA) is 90.5 Å². The van der Waals surface area contributed by atoms with Crippen molar-refractivity contribution in [1.29, 1.82) is 0 Å². The van der Waals surface area contributed by atoms with Gasteiger partial charge in [0.1, 0.15) is 0 Å². The van der Waals surface area contributed by atoms with Crippen molar-refractivity contribution >= 4 is 34.8 Å². The van der Waals surface area contributed by atoms with Crippen molar-refractivity contribution in [3.8, 4) is 0 Å². The fourth-order valence-corrected chi connectivity index (χ4v) is 2.46. The minimum atomic E-state index is -0.230. The number of amides is 3. The largest absolute Gasteiger partial charge is 0.376 e. The van der Waals surface area contributed by atoms with Crippen LogP contribution in [0.3, 0.4) is 0 Å². The van der Waals surface area contributed by atoms with Crippen LogP contribution in [0.1, 0.15) is 31.1 Å². The Kier molecular flexibility index (Phi) is 7.14. The first-order chi connectivity index (χ1) is 13.3. The van der Waals surface area contributed by atoms with Crippen LogP contribution in [-0.2, 0) is 9.59 Å². The number of carbonyl (C=O) groups is 3. The van der Waals surface area contributed by atoms with E-state index >= 15 is 0 Å². The second-order valence-electron chi connectivity index (χ2n) is 6.74. The average Bonchev–Trinajstić information content (AvgIpc) is 2.66. The van der Waals surface area contributed by atoms with Gasteiger partial charge in [0.25, 0.3) is 5.91 Å². The zero-order valence-corrected chi connectivity index (χ0v) is 16.6. The van der Waals surface area contributed by atoms with Gasteiger partial charge in [0.05, 0.1) is 6.54 Å². The fourth-order valence-electron chi connectivity index (χ4n) is 2.46. The third-order valence-electron chi connectivity index (χ3n) is 4.01. The van der Waals surface area contributed by atoms with E-state index in [1.54, 1.807) is 60.5 Å². The van der Waals surface area contributed by atoms with Crippen LogP contribution in [0.25, 0.3) is 0 Å². The summed E-state index contributed by atoms with van der Waals surface area (Å²) in [5.41, 5.74) is 2.59. The molecule has 0 unspecified atom stereocenters. The first-order valence-electron chi connectivity index (χ1n) is 9.05. The van der Waals surface area contributed by atoms with Crippen molar-refractivity contribution in [2.24, 2.45) is 0 Å². The van der Waals surface area contributed by atoms with Gasteiger partial charge < -0.3 is 20.9 Å². The second kappa shape index (κ2) is 9.55. The van der Waals surface area contributed by atoms with E-state index in [0.717, 1.165) is 11.4 Å². The van der Waals surface area contributed by atoms with Crippen LogP contribution in [0.2, 0.25) is 0 Å². The first-order valence-corrected chi connectivity index (χ1v) is 9.05. The van der Waals surface area contributed by atoms with E-state index in [1.165, 1.54) is 6.92 Å². The molecule has 0 heterocycles. The van der Waals surface area contributed by atoms with Gasteiger partial charge in [-0.3, -0.25) is 14.4 Å². The lowest BCUT2D eigenvalue weighted by Crippen LogP contribution is -2.30. The number of anilines is 3. The zero-order chi connectivity index (χ0) is 20.7. The van der Waals surface area contributed by atoms with E-state index in [-0.39, 0.29) is 30.3 Å². The van der Waals surface area contributed by atoms with Crippen molar-refractivity contribution in [3.63, 3.8) is 0 Å². The Hall–Kier alpha value is -3.35. The Morgan fingerprint density at radius 2 is 1.68 bits per heavy atom. The van der Waals surface area contributed by atoms with Gasteiger partial charge in [0, 0.05) is 42.6 Å². The van der Waals surface area contributed by atoms with Crippen LogP contribution in [0.15, 0.2) is 48.5 Å². The summed E-state index contributed by atoms with van der Waals surface area (Å²) < 4.78 is 0. The lowest BCUT2D eigenvalue weighted by atomic mass is 10.1. The van der Waals surface area contributed by atoms with Crippen LogP contribution in [0.4, 0.5) is 17.1 Å². The van der Waals surface area contributed by atoms with Gasteiger partial charge in [-0.05, 0) is 56.3 Å². The molecule has 0 radical (unpaired) electrons. The van der Waals surface area contributed by atoms with E-state index in [9.17, 15) is 14.4 Å². The molecule has 3 N–H and O–H groups in total. The predicted octanol–water partition coefficient (Wildman–Crippen LogP) is 2.86. The number of hydrogen-bond acceptors (Lipinski definition) is 4. The highest BCUT2D eigenvalue weighted by Crippen LogP contribution is 2.17. The predicted molar refractivity (Wildman–Crippen MR) is 112 cm³/mol. The second-order valence-corrected chi connectivity index (χ2v) is 6.74. The Balaban J connectivity index is 1.90. The number of nitrogens with one attached hydrogen (secondary N) is 3. The standard InChI is InChI=1S/C21H26N4O3/c1-14(2)23-21(28)16-6-5-7-18(12-16)24-20(27)13-22-17-8-10-19(11-9-17)25(4)15(3)26/h5-12,14,22H,13H2,1-4H3,(H,23,28)(H,24,27). The molecular weight excluding hydrogens is 356 g/mol. The molecule has 2 aromatic rings. The molecule has 0 bridgehead atoms. The van der Waals surface area contributed by atoms with Gasteiger partial charge in [-0.1, -0.05) is 6.07 Å². The summed E-state index contributed by atoms with van der Waals surface area (Å²) in [5.74, 6) is -0.462. The maximum atomic E-state index is 12.2. The van der Waals surface area contributed by atoms with Crippen LogP contribution in [0, 0.1) is 0 Å². The van der Waals surface area contributed by atoms with Gasteiger partial charge in [-0.25, -0.2) is 0 Å². The van der Waals surface area contributed by atoms with E-state index < -0.39 is 0 Å².